The number of halogens is 2. The van der Waals surface area contributed by atoms with E-state index in [0.29, 0.717) is 53.5 Å². The van der Waals surface area contributed by atoms with E-state index < -0.39 is 17.9 Å². The van der Waals surface area contributed by atoms with E-state index in [1.54, 1.807) is 42.6 Å². The first-order valence-corrected chi connectivity index (χ1v) is 13.3. The number of nitrogens with one attached hydrogen (secondary N) is 1. The van der Waals surface area contributed by atoms with Crippen LogP contribution in [0, 0.1) is 19.7 Å². The number of phenolic OH excluding ortho intramolecular Hbond substituents is 1. The summed E-state index contributed by atoms with van der Waals surface area (Å²) in [6, 6.07) is 20.0. The van der Waals surface area contributed by atoms with Gasteiger partial charge in [0.25, 0.3) is 0 Å². The molecular formula is C31H29ClFN3O5. The number of rotatable bonds is 10. The average Bonchev–Trinajstić information content (AvgIpc) is 2.93. The van der Waals surface area contributed by atoms with Gasteiger partial charge in [0.05, 0.1) is 5.69 Å². The second-order valence-corrected chi connectivity index (χ2v) is 9.64. The van der Waals surface area contributed by atoms with E-state index in [1.165, 1.54) is 12.1 Å². The Kier molecular flexibility index (Phi) is 9.89. The fraction of sp³-hybridized carbons (Fsp3) is 0.194. The molecule has 8 nitrogen and oxygen atoms in total. The molecule has 41 heavy (non-hydrogen) atoms. The first-order chi connectivity index (χ1) is 19.7. The Bertz CT molecular complexity index is 1510. The summed E-state index contributed by atoms with van der Waals surface area (Å²) in [6.45, 7) is 4.87. The number of ether oxygens (including phenoxy) is 2. The molecule has 0 aliphatic heterocycles. The Balaban J connectivity index is 1.54. The van der Waals surface area contributed by atoms with Crippen molar-refractivity contribution in [1.29, 1.82) is 0 Å². The number of hydrogen-bond acceptors (Lipinski definition) is 7. The third kappa shape index (κ3) is 8.26. The lowest BCUT2D eigenvalue weighted by atomic mass is 10.1. The third-order valence-electron chi connectivity index (χ3n) is 6.16. The minimum Gasteiger partial charge on any atom is -0.508 e. The van der Waals surface area contributed by atoms with E-state index in [0.717, 1.165) is 11.3 Å². The van der Waals surface area contributed by atoms with E-state index in [-0.39, 0.29) is 11.6 Å². The number of phenols is 1. The van der Waals surface area contributed by atoms with Crippen molar-refractivity contribution in [1.82, 2.24) is 9.88 Å². The molecule has 0 saturated heterocycles. The maximum atomic E-state index is 13.9. The van der Waals surface area contributed by atoms with Gasteiger partial charge in [0.1, 0.15) is 23.1 Å². The number of amides is 1. The van der Waals surface area contributed by atoms with Crippen LogP contribution in [0.25, 0.3) is 0 Å². The zero-order chi connectivity index (χ0) is 29.4. The molecule has 10 heteroatoms. The normalized spacial score (nSPS) is 10.9. The number of carbonyl (C=O) groups is 2. The smallest absolute Gasteiger partial charge is 0.398 e. The van der Waals surface area contributed by atoms with Crippen molar-refractivity contribution in [2.75, 3.05) is 11.4 Å². The Morgan fingerprint density at radius 3 is 2.44 bits per heavy atom. The molecule has 4 rings (SSSR count). The number of esters is 1. The first kappa shape index (κ1) is 29.5. The number of pyridine rings is 1. The summed E-state index contributed by atoms with van der Waals surface area (Å²) >= 11 is 5.34. The van der Waals surface area contributed by atoms with Crippen molar-refractivity contribution in [3.05, 3.63) is 113 Å². The number of nitrogens with zero attached hydrogens (tertiary/aromatic N) is 2. The molecule has 3 aromatic carbocycles. The van der Waals surface area contributed by atoms with Gasteiger partial charge in [-0.15, -0.1) is 0 Å². The lowest BCUT2D eigenvalue weighted by molar-refractivity contribution is -0.150. The molecular weight excluding hydrogens is 549 g/mol. The lowest BCUT2D eigenvalue weighted by Gasteiger charge is -2.23. The molecule has 0 saturated carbocycles. The van der Waals surface area contributed by atoms with Crippen LogP contribution in [0.2, 0.25) is 0 Å². The molecule has 0 atom stereocenters. The molecule has 0 spiro atoms. The Morgan fingerprint density at radius 1 is 0.976 bits per heavy atom. The highest BCUT2D eigenvalue weighted by Crippen LogP contribution is 2.34. The van der Waals surface area contributed by atoms with Crippen LogP contribution in [0.1, 0.15) is 27.9 Å². The summed E-state index contributed by atoms with van der Waals surface area (Å²) in [5, 5.41) is 13.2. The summed E-state index contributed by atoms with van der Waals surface area (Å²) in [5.41, 5.74) is 4.07. The molecule has 4 aromatic rings. The van der Waals surface area contributed by atoms with Gasteiger partial charge in [-0.1, -0.05) is 29.8 Å². The van der Waals surface area contributed by atoms with Crippen molar-refractivity contribution in [2.45, 2.75) is 33.5 Å². The van der Waals surface area contributed by atoms with E-state index in [1.807, 2.05) is 38.1 Å². The molecule has 2 N–H and O–H groups in total. The van der Waals surface area contributed by atoms with Gasteiger partial charge in [-0.05, 0) is 85.1 Å². The fourth-order valence-corrected chi connectivity index (χ4v) is 4.47. The number of benzene rings is 3. The maximum Gasteiger partial charge on any atom is 0.398 e. The van der Waals surface area contributed by atoms with E-state index in [4.69, 9.17) is 16.3 Å². The van der Waals surface area contributed by atoms with Crippen LogP contribution in [0.5, 0.6) is 17.2 Å². The van der Waals surface area contributed by atoms with Gasteiger partial charge in [-0.2, -0.15) is 0 Å². The van der Waals surface area contributed by atoms with E-state index in [2.05, 4.69) is 19.9 Å². The number of hydrogen-bond donors (Lipinski definition) is 2. The fourth-order valence-electron chi connectivity index (χ4n) is 4.37. The molecule has 0 aliphatic carbocycles. The summed E-state index contributed by atoms with van der Waals surface area (Å²) < 4.78 is 24.6. The number of aryl methyl sites for hydroxylation is 2. The van der Waals surface area contributed by atoms with Crippen LogP contribution in [-0.4, -0.2) is 32.9 Å². The van der Waals surface area contributed by atoms with Gasteiger partial charge in [-0.3, -0.25) is 14.7 Å². The van der Waals surface area contributed by atoms with Crippen molar-refractivity contribution in [3.63, 3.8) is 0 Å². The number of aromatic hydroxyl groups is 1. The summed E-state index contributed by atoms with van der Waals surface area (Å²) in [7, 11) is 0. The van der Waals surface area contributed by atoms with Gasteiger partial charge in [-0.25, -0.2) is 9.18 Å². The number of carbonyl (C=O) groups excluding carboxylic acids is 2. The van der Waals surface area contributed by atoms with Crippen LogP contribution < -0.4 is 10.1 Å². The third-order valence-corrected chi connectivity index (χ3v) is 6.27. The van der Waals surface area contributed by atoms with Crippen molar-refractivity contribution in [2.24, 2.45) is 0 Å². The average molecular weight is 578 g/mol. The SMILES string of the molecule is Cc1cc(NC(=O)C(=O)OCCl)cc(C)c1Oc1ccc(O)c(CN(Cc2cccc(F)c2)Cc2ccccn2)c1. The minimum absolute atomic E-state index is 0.0953. The molecule has 0 bridgehead atoms. The van der Waals surface area contributed by atoms with Crippen LogP contribution in [0.3, 0.4) is 0 Å². The van der Waals surface area contributed by atoms with Crippen LogP contribution in [-0.2, 0) is 34.0 Å². The van der Waals surface area contributed by atoms with E-state index >= 15 is 0 Å². The first-order valence-electron chi connectivity index (χ1n) is 12.7. The van der Waals surface area contributed by atoms with Gasteiger partial charge in [0, 0.05) is 37.1 Å². The van der Waals surface area contributed by atoms with Crippen LogP contribution >= 0.6 is 11.6 Å². The predicted octanol–water partition coefficient (Wildman–Crippen LogP) is 6.22. The number of anilines is 1. The lowest BCUT2D eigenvalue weighted by Crippen LogP contribution is -2.24. The predicted molar refractivity (Wildman–Crippen MR) is 153 cm³/mol. The van der Waals surface area contributed by atoms with Gasteiger partial charge in [0.2, 0.25) is 0 Å². The second-order valence-electron chi connectivity index (χ2n) is 9.42. The van der Waals surface area contributed by atoms with E-state index in [9.17, 15) is 19.1 Å². The van der Waals surface area contributed by atoms with Crippen LogP contribution in [0.15, 0.2) is 79.0 Å². The molecule has 1 heterocycles. The monoisotopic (exact) mass is 577 g/mol. The quantitative estimate of drug-likeness (QED) is 0.131. The summed E-state index contributed by atoms with van der Waals surface area (Å²) in [4.78, 5) is 30.0. The molecule has 0 radical (unpaired) electrons. The topological polar surface area (TPSA) is 101 Å². The minimum atomic E-state index is -1.08. The Labute approximate surface area is 242 Å². The second kappa shape index (κ2) is 13.7. The number of aromatic nitrogens is 1. The molecule has 0 fully saturated rings. The highest BCUT2D eigenvalue weighted by atomic mass is 35.5. The molecule has 212 valence electrons. The molecule has 1 aromatic heterocycles. The number of alkyl halides is 1. The zero-order valence-electron chi connectivity index (χ0n) is 22.6. The standard InChI is InChI=1S/C31H29ClFN3O5/c1-20-12-26(35-30(38)31(39)40-19-32)13-21(2)29(20)41-27-9-10-28(37)23(15-27)17-36(18-25-8-3-4-11-34-25)16-22-6-5-7-24(33)14-22/h3-15,37H,16-19H2,1-2H3,(H,35,38). The Morgan fingerprint density at radius 2 is 1.76 bits per heavy atom. The highest BCUT2D eigenvalue weighted by Gasteiger charge is 2.18. The highest BCUT2D eigenvalue weighted by molar-refractivity contribution is 6.37. The summed E-state index contributed by atoms with van der Waals surface area (Å²) in [5.74, 6) is -1.18. The van der Waals surface area contributed by atoms with Gasteiger partial charge in [0.15, 0.2) is 6.07 Å². The van der Waals surface area contributed by atoms with Gasteiger partial charge < -0.3 is 19.9 Å². The van der Waals surface area contributed by atoms with Crippen molar-refractivity contribution < 1.29 is 28.6 Å². The molecule has 0 unspecified atom stereocenters. The molecule has 0 aliphatic rings. The van der Waals surface area contributed by atoms with Crippen molar-refractivity contribution >= 4 is 29.2 Å². The van der Waals surface area contributed by atoms with Crippen molar-refractivity contribution in [3.8, 4) is 17.2 Å². The Hall–Kier alpha value is -4.47. The van der Waals surface area contributed by atoms with Crippen LogP contribution in [0.4, 0.5) is 10.1 Å². The van der Waals surface area contributed by atoms with Gasteiger partial charge >= 0.3 is 11.9 Å². The largest absolute Gasteiger partial charge is 0.508 e. The zero-order valence-corrected chi connectivity index (χ0v) is 23.3. The maximum absolute atomic E-state index is 13.9. The molecule has 1 amide bonds. The summed E-state index contributed by atoms with van der Waals surface area (Å²) in [6.07, 6.45) is 1.72.